The van der Waals surface area contributed by atoms with E-state index < -0.39 is 5.97 Å². The lowest BCUT2D eigenvalue weighted by Gasteiger charge is -2.35. The third kappa shape index (κ3) is 5.09. The van der Waals surface area contributed by atoms with Gasteiger partial charge in [0.2, 0.25) is 5.91 Å². The Morgan fingerprint density at radius 1 is 1.03 bits per heavy atom. The number of aryl methyl sites for hydroxylation is 1. The summed E-state index contributed by atoms with van der Waals surface area (Å²) < 4.78 is 6.97. The standard InChI is InChI=1S/C25H30N6O3/c1-4-34-25(33)20-9-5-6-10-21(20)27-23(32)17-29-13-15-30(16-14-29)24-18(2)28-31(19(24)3)22-11-7-8-12-26-22/h5-12H,4,13-17H2,1-3H3,(H,27,32). The Kier molecular flexibility index (Phi) is 7.22. The molecule has 3 heterocycles. The Morgan fingerprint density at radius 3 is 2.47 bits per heavy atom. The Labute approximate surface area is 199 Å². The number of piperazine rings is 1. The molecule has 1 aliphatic rings. The van der Waals surface area contributed by atoms with Gasteiger partial charge >= 0.3 is 5.97 Å². The number of pyridine rings is 1. The molecule has 4 rings (SSSR count). The van der Waals surface area contributed by atoms with Gasteiger partial charge in [-0.1, -0.05) is 18.2 Å². The first-order valence-electron chi connectivity index (χ1n) is 11.5. The fourth-order valence-corrected chi connectivity index (χ4v) is 4.30. The first-order valence-corrected chi connectivity index (χ1v) is 11.5. The molecule has 3 aromatic rings. The predicted molar refractivity (Wildman–Crippen MR) is 131 cm³/mol. The molecule has 34 heavy (non-hydrogen) atoms. The van der Waals surface area contributed by atoms with Crippen molar-refractivity contribution in [3.63, 3.8) is 0 Å². The highest BCUT2D eigenvalue weighted by molar-refractivity contribution is 6.01. The molecule has 0 aliphatic carbocycles. The normalized spacial score (nSPS) is 14.1. The number of ether oxygens (including phenoxy) is 1. The van der Waals surface area contributed by atoms with Crippen LogP contribution in [0.15, 0.2) is 48.7 Å². The summed E-state index contributed by atoms with van der Waals surface area (Å²) in [4.78, 5) is 33.7. The van der Waals surface area contributed by atoms with Gasteiger partial charge in [-0.05, 0) is 45.0 Å². The SMILES string of the molecule is CCOC(=O)c1ccccc1NC(=O)CN1CCN(c2c(C)nn(-c3ccccn3)c2C)CC1. The number of hydrogen-bond acceptors (Lipinski definition) is 7. The van der Waals surface area contributed by atoms with E-state index in [0.717, 1.165) is 49.1 Å². The summed E-state index contributed by atoms with van der Waals surface area (Å²) in [6.45, 7) is 9.46. The van der Waals surface area contributed by atoms with Crippen LogP contribution in [-0.2, 0) is 9.53 Å². The number of carbonyl (C=O) groups excluding carboxylic acids is 2. The van der Waals surface area contributed by atoms with Crippen LogP contribution in [0.25, 0.3) is 5.82 Å². The molecule has 1 saturated heterocycles. The number of nitrogens with zero attached hydrogens (tertiary/aromatic N) is 5. The van der Waals surface area contributed by atoms with E-state index in [0.29, 0.717) is 11.3 Å². The molecule has 0 unspecified atom stereocenters. The van der Waals surface area contributed by atoms with E-state index in [2.05, 4.69) is 27.0 Å². The van der Waals surface area contributed by atoms with Crippen molar-refractivity contribution in [1.29, 1.82) is 0 Å². The fraction of sp³-hybridized carbons (Fsp3) is 0.360. The number of carbonyl (C=O) groups is 2. The van der Waals surface area contributed by atoms with E-state index in [1.807, 2.05) is 29.8 Å². The molecule has 1 fully saturated rings. The van der Waals surface area contributed by atoms with Gasteiger partial charge in [0.05, 0.1) is 41.5 Å². The van der Waals surface area contributed by atoms with Crippen molar-refractivity contribution in [3.8, 4) is 5.82 Å². The van der Waals surface area contributed by atoms with Crippen molar-refractivity contribution in [2.24, 2.45) is 0 Å². The van der Waals surface area contributed by atoms with Gasteiger partial charge in [-0.2, -0.15) is 5.10 Å². The molecule has 0 spiro atoms. The highest BCUT2D eigenvalue weighted by Gasteiger charge is 2.25. The van der Waals surface area contributed by atoms with Gasteiger partial charge in [0.1, 0.15) is 0 Å². The minimum atomic E-state index is -0.441. The molecule has 1 aliphatic heterocycles. The molecule has 0 bridgehead atoms. The number of aromatic nitrogens is 3. The van der Waals surface area contributed by atoms with Crippen LogP contribution < -0.4 is 10.2 Å². The van der Waals surface area contributed by atoms with Gasteiger partial charge in [0, 0.05) is 32.4 Å². The van der Waals surface area contributed by atoms with Crippen LogP contribution in [0.4, 0.5) is 11.4 Å². The third-order valence-electron chi connectivity index (χ3n) is 5.87. The topological polar surface area (TPSA) is 92.6 Å². The highest BCUT2D eigenvalue weighted by Crippen LogP contribution is 2.27. The van der Waals surface area contributed by atoms with Crippen molar-refractivity contribution in [2.75, 3.05) is 49.5 Å². The molecule has 2 aromatic heterocycles. The van der Waals surface area contributed by atoms with E-state index in [9.17, 15) is 9.59 Å². The number of amides is 1. The van der Waals surface area contributed by atoms with Crippen LogP contribution in [0.1, 0.15) is 28.7 Å². The van der Waals surface area contributed by atoms with Crippen molar-refractivity contribution in [2.45, 2.75) is 20.8 Å². The summed E-state index contributed by atoms with van der Waals surface area (Å²) >= 11 is 0. The number of hydrogen-bond donors (Lipinski definition) is 1. The lowest BCUT2D eigenvalue weighted by molar-refractivity contribution is -0.117. The van der Waals surface area contributed by atoms with Crippen molar-refractivity contribution in [3.05, 3.63) is 65.6 Å². The van der Waals surface area contributed by atoms with Crippen molar-refractivity contribution in [1.82, 2.24) is 19.7 Å². The molecule has 1 amide bonds. The number of benzene rings is 1. The zero-order valence-electron chi connectivity index (χ0n) is 19.8. The maximum atomic E-state index is 12.7. The second-order valence-corrected chi connectivity index (χ2v) is 8.20. The average molecular weight is 463 g/mol. The zero-order chi connectivity index (χ0) is 24.1. The van der Waals surface area contributed by atoms with Gasteiger partial charge in [0.25, 0.3) is 0 Å². The zero-order valence-corrected chi connectivity index (χ0v) is 19.8. The van der Waals surface area contributed by atoms with E-state index in [4.69, 9.17) is 9.84 Å². The average Bonchev–Trinajstić information content (AvgIpc) is 3.14. The second kappa shape index (κ2) is 10.5. The number of esters is 1. The minimum Gasteiger partial charge on any atom is -0.462 e. The Balaban J connectivity index is 1.36. The molecule has 1 aromatic carbocycles. The molecule has 0 saturated carbocycles. The third-order valence-corrected chi connectivity index (χ3v) is 5.87. The molecular weight excluding hydrogens is 432 g/mol. The van der Waals surface area contributed by atoms with Crippen LogP contribution in [0.2, 0.25) is 0 Å². The van der Waals surface area contributed by atoms with E-state index >= 15 is 0 Å². The monoisotopic (exact) mass is 462 g/mol. The number of nitrogens with one attached hydrogen (secondary N) is 1. The fourth-order valence-electron chi connectivity index (χ4n) is 4.30. The Morgan fingerprint density at radius 2 is 1.76 bits per heavy atom. The first-order chi connectivity index (χ1) is 16.5. The largest absolute Gasteiger partial charge is 0.462 e. The smallest absolute Gasteiger partial charge is 0.340 e. The summed E-state index contributed by atoms with van der Waals surface area (Å²) in [5.74, 6) is 0.206. The van der Waals surface area contributed by atoms with Crippen LogP contribution in [0, 0.1) is 13.8 Å². The number of anilines is 2. The molecule has 0 atom stereocenters. The molecule has 9 nitrogen and oxygen atoms in total. The van der Waals surface area contributed by atoms with Crippen LogP contribution in [0.3, 0.4) is 0 Å². The molecular formula is C25H30N6O3. The minimum absolute atomic E-state index is 0.152. The summed E-state index contributed by atoms with van der Waals surface area (Å²) in [5, 5.41) is 7.57. The van der Waals surface area contributed by atoms with Crippen LogP contribution in [-0.4, -0.2) is 70.9 Å². The van der Waals surface area contributed by atoms with E-state index in [1.54, 1.807) is 37.4 Å². The number of para-hydroxylation sites is 1. The molecule has 178 valence electrons. The Bertz CT molecular complexity index is 1150. The summed E-state index contributed by atoms with van der Waals surface area (Å²) in [5.41, 5.74) is 3.97. The highest BCUT2D eigenvalue weighted by atomic mass is 16.5. The van der Waals surface area contributed by atoms with Crippen molar-refractivity contribution < 1.29 is 14.3 Å². The maximum Gasteiger partial charge on any atom is 0.340 e. The van der Waals surface area contributed by atoms with Crippen LogP contribution >= 0.6 is 0 Å². The summed E-state index contributed by atoms with van der Waals surface area (Å²) in [7, 11) is 0. The lowest BCUT2D eigenvalue weighted by Crippen LogP contribution is -2.49. The van der Waals surface area contributed by atoms with E-state index in [1.165, 1.54) is 0 Å². The van der Waals surface area contributed by atoms with Gasteiger partial charge in [-0.25, -0.2) is 14.5 Å². The van der Waals surface area contributed by atoms with Gasteiger partial charge in [-0.15, -0.1) is 0 Å². The van der Waals surface area contributed by atoms with Crippen molar-refractivity contribution >= 4 is 23.3 Å². The molecule has 9 heteroatoms. The summed E-state index contributed by atoms with van der Waals surface area (Å²) in [6, 6.07) is 12.7. The first kappa shape index (κ1) is 23.4. The van der Waals surface area contributed by atoms with Gasteiger partial charge in [0.15, 0.2) is 5.82 Å². The molecule has 0 radical (unpaired) electrons. The van der Waals surface area contributed by atoms with Gasteiger partial charge < -0.3 is 15.0 Å². The quantitative estimate of drug-likeness (QED) is 0.540. The van der Waals surface area contributed by atoms with E-state index in [-0.39, 0.29) is 19.1 Å². The van der Waals surface area contributed by atoms with Crippen LogP contribution in [0.5, 0.6) is 0 Å². The maximum absolute atomic E-state index is 12.7. The Hall–Kier alpha value is -3.72. The summed E-state index contributed by atoms with van der Waals surface area (Å²) in [6.07, 6.45) is 1.76. The van der Waals surface area contributed by atoms with Gasteiger partial charge in [-0.3, -0.25) is 9.69 Å². The number of rotatable bonds is 7. The predicted octanol–water partition coefficient (Wildman–Crippen LogP) is 2.82. The lowest BCUT2D eigenvalue weighted by atomic mass is 10.1. The second-order valence-electron chi connectivity index (χ2n) is 8.20. The molecule has 1 N–H and O–H groups in total.